The van der Waals surface area contributed by atoms with E-state index in [1.54, 1.807) is 12.1 Å². The lowest BCUT2D eigenvalue weighted by molar-refractivity contribution is -0.384. The second-order valence-electron chi connectivity index (χ2n) is 7.15. The maximum atomic E-state index is 11.0. The van der Waals surface area contributed by atoms with Crippen molar-refractivity contribution >= 4 is 24.2 Å². The van der Waals surface area contributed by atoms with Crippen LogP contribution < -0.4 is 5.50 Å². The van der Waals surface area contributed by atoms with Crippen molar-refractivity contribution in [2.45, 2.75) is 32.6 Å². The van der Waals surface area contributed by atoms with E-state index in [4.69, 9.17) is 9.16 Å². The summed E-state index contributed by atoms with van der Waals surface area (Å²) in [6, 6.07) is 10.7. The van der Waals surface area contributed by atoms with E-state index in [0.717, 1.165) is 43.1 Å². The van der Waals surface area contributed by atoms with E-state index in [0.29, 0.717) is 0 Å². The Morgan fingerprint density at radius 3 is 1.96 bits per heavy atom. The molecule has 144 valence electrons. The molecule has 2 fully saturated rings. The fourth-order valence-electron chi connectivity index (χ4n) is 3.98. The van der Waals surface area contributed by atoms with Crippen LogP contribution in [0.15, 0.2) is 45.6 Å². The molecule has 0 spiro atoms. The van der Waals surface area contributed by atoms with Gasteiger partial charge < -0.3 is 4.42 Å². The first-order chi connectivity index (χ1) is 13.1. The number of rotatable bonds is 5. The monoisotopic (exact) mass is 388 g/mol. The Labute approximate surface area is 159 Å². The van der Waals surface area contributed by atoms with E-state index in [-0.39, 0.29) is 10.6 Å². The molecule has 2 aromatic rings. The number of nitro benzene ring substituents is 1. The first-order valence-electron chi connectivity index (χ1n) is 9.54. The van der Waals surface area contributed by atoms with Gasteiger partial charge in [-0.2, -0.15) is 0 Å². The molecule has 4 rings (SSSR count). The molecular weight excluding hydrogens is 363 g/mol. The van der Waals surface area contributed by atoms with Crippen LogP contribution in [0, 0.1) is 17.0 Å². The zero-order valence-corrected chi connectivity index (χ0v) is 16.5. The summed E-state index contributed by atoms with van der Waals surface area (Å²) in [4.78, 5) is 10.6. The minimum absolute atomic E-state index is 0.0917. The normalized spacial score (nSPS) is 18.9. The van der Waals surface area contributed by atoms with Gasteiger partial charge in [0.1, 0.15) is 5.76 Å². The van der Waals surface area contributed by atoms with Gasteiger partial charge in [-0.1, -0.05) is 0 Å². The summed E-state index contributed by atoms with van der Waals surface area (Å²) in [6.45, 7) is 6.03. The largest absolute Gasteiger partial charge is 0.457 e. The van der Waals surface area contributed by atoms with Crippen LogP contribution >= 0.6 is 7.36 Å². The van der Waals surface area contributed by atoms with E-state index < -0.39 is 7.36 Å². The zero-order chi connectivity index (χ0) is 18.9. The van der Waals surface area contributed by atoms with E-state index in [1.165, 1.54) is 37.8 Å². The molecule has 3 heterocycles. The maximum Gasteiger partial charge on any atom is 0.269 e. The van der Waals surface area contributed by atoms with Crippen LogP contribution in [0.2, 0.25) is 0 Å². The molecular formula is C19H25N4O3P. The average Bonchev–Trinajstić information content (AvgIpc) is 3.42. The Bertz CT molecular complexity index is 845. The van der Waals surface area contributed by atoms with Crippen molar-refractivity contribution in [2.24, 2.45) is 4.74 Å². The Balaban J connectivity index is 1.88. The van der Waals surface area contributed by atoms with Crippen molar-refractivity contribution in [2.75, 3.05) is 26.2 Å². The summed E-state index contributed by atoms with van der Waals surface area (Å²) in [6.07, 6.45) is 4.69. The Hall–Kier alpha value is -1.95. The zero-order valence-electron chi connectivity index (χ0n) is 15.6. The summed E-state index contributed by atoms with van der Waals surface area (Å²) in [5.41, 5.74) is 1.82. The SMILES string of the molecule is Cc1ccc(P(=Nc2ccc([N+](=O)[O-])cc2)(N2CCCC2)N2CCCC2)o1. The highest BCUT2D eigenvalue weighted by Gasteiger charge is 2.41. The van der Waals surface area contributed by atoms with Crippen LogP contribution in [-0.4, -0.2) is 40.4 Å². The molecule has 27 heavy (non-hydrogen) atoms. The standard InChI is InChI=1S/C19H25N4O3P/c1-16-6-11-19(26-16)27(21-12-2-3-13-21,22-14-4-5-15-22)20-17-7-9-18(10-8-17)23(24)25/h6-11H,2-5,12-15H2,1H3. The van der Waals surface area contributed by atoms with E-state index in [9.17, 15) is 10.1 Å². The first kappa shape index (κ1) is 18.4. The van der Waals surface area contributed by atoms with Gasteiger partial charge in [0.15, 0.2) is 12.9 Å². The number of furan rings is 1. The lowest BCUT2D eigenvalue weighted by Gasteiger charge is -2.38. The molecule has 7 nitrogen and oxygen atoms in total. The molecule has 2 aliphatic rings. The van der Waals surface area contributed by atoms with Gasteiger partial charge in [-0.3, -0.25) is 19.5 Å². The van der Waals surface area contributed by atoms with Gasteiger partial charge in [0, 0.05) is 38.3 Å². The molecule has 0 unspecified atom stereocenters. The van der Waals surface area contributed by atoms with Gasteiger partial charge in [-0.05, 0) is 56.9 Å². The van der Waals surface area contributed by atoms with Gasteiger partial charge in [0.2, 0.25) is 0 Å². The van der Waals surface area contributed by atoms with Crippen molar-refractivity contribution in [1.29, 1.82) is 0 Å². The topological polar surface area (TPSA) is 75.1 Å². The van der Waals surface area contributed by atoms with Crippen molar-refractivity contribution in [1.82, 2.24) is 9.34 Å². The molecule has 0 radical (unpaired) electrons. The molecule has 0 amide bonds. The molecule has 0 N–H and O–H groups in total. The summed E-state index contributed by atoms with van der Waals surface area (Å²) in [7, 11) is -2.23. The molecule has 1 aromatic carbocycles. The van der Waals surface area contributed by atoms with Crippen molar-refractivity contribution in [3.63, 3.8) is 0 Å². The first-order valence-corrected chi connectivity index (χ1v) is 11.2. The van der Waals surface area contributed by atoms with Crippen LogP contribution in [0.3, 0.4) is 0 Å². The van der Waals surface area contributed by atoms with Crippen molar-refractivity contribution < 1.29 is 9.34 Å². The number of hydrogen-bond donors (Lipinski definition) is 0. The lowest BCUT2D eigenvalue weighted by atomic mass is 10.3. The van der Waals surface area contributed by atoms with Gasteiger partial charge in [0.05, 0.1) is 10.6 Å². The number of nitrogens with zero attached hydrogens (tertiary/aromatic N) is 4. The Kier molecular flexibility index (Phi) is 5.17. The third-order valence-electron chi connectivity index (χ3n) is 5.29. The highest BCUT2D eigenvalue weighted by atomic mass is 31.2. The van der Waals surface area contributed by atoms with Gasteiger partial charge >= 0.3 is 0 Å². The highest BCUT2D eigenvalue weighted by Crippen LogP contribution is 2.60. The molecule has 8 heteroatoms. The highest BCUT2D eigenvalue weighted by molar-refractivity contribution is 7.69. The minimum atomic E-state index is -2.23. The van der Waals surface area contributed by atoms with Gasteiger partial charge in [-0.25, -0.2) is 4.74 Å². The van der Waals surface area contributed by atoms with E-state index >= 15 is 0 Å². The van der Waals surface area contributed by atoms with Gasteiger partial charge in [0.25, 0.3) is 5.69 Å². The van der Waals surface area contributed by atoms with Crippen molar-refractivity contribution in [3.05, 3.63) is 52.3 Å². The fourth-order valence-corrected chi connectivity index (χ4v) is 7.92. The minimum Gasteiger partial charge on any atom is -0.457 e. The van der Waals surface area contributed by atoms with Crippen LogP contribution in [0.5, 0.6) is 0 Å². The van der Waals surface area contributed by atoms with Gasteiger partial charge in [-0.15, -0.1) is 0 Å². The van der Waals surface area contributed by atoms with Crippen LogP contribution in [0.4, 0.5) is 11.4 Å². The molecule has 0 atom stereocenters. The number of hydrogen-bond acceptors (Lipinski definition) is 4. The molecule has 2 saturated heterocycles. The summed E-state index contributed by atoms with van der Waals surface area (Å²) >= 11 is 0. The number of non-ortho nitro benzene ring substituents is 1. The third-order valence-corrected chi connectivity index (χ3v) is 9.01. The molecule has 2 aliphatic heterocycles. The Morgan fingerprint density at radius 2 is 1.52 bits per heavy atom. The molecule has 0 saturated carbocycles. The van der Waals surface area contributed by atoms with E-state index in [1.807, 2.05) is 13.0 Å². The quantitative estimate of drug-likeness (QED) is 0.422. The third kappa shape index (κ3) is 3.47. The van der Waals surface area contributed by atoms with Crippen LogP contribution in [-0.2, 0) is 0 Å². The maximum absolute atomic E-state index is 11.0. The Morgan fingerprint density at radius 1 is 0.963 bits per heavy atom. The predicted molar refractivity (Wildman–Crippen MR) is 107 cm³/mol. The lowest BCUT2D eigenvalue weighted by Crippen LogP contribution is -2.34. The summed E-state index contributed by atoms with van der Waals surface area (Å²) in [5.74, 6) is 0.895. The number of nitro groups is 1. The van der Waals surface area contributed by atoms with E-state index in [2.05, 4.69) is 15.4 Å². The molecule has 0 bridgehead atoms. The molecule has 0 aliphatic carbocycles. The second kappa shape index (κ2) is 7.58. The number of aryl methyl sites for hydroxylation is 1. The average molecular weight is 388 g/mol. The second-order valence-corrected chi connectivity index (χ2v) is 10.1. The predicted octanol–water partition coefficient (Wildman–Crippen LogP) is 4.68. The van der Waals surface area contributed by atoms with Crippen LogP contribution in [0.25, 0.3) is 0 Å². The van der Waals surface area contributed by atoms with Crippen molar-refractivity contribution in [3.8, 4) is 0 Å². The summed E-state index contributed by atoms with van der Waals surface area (Å²) in [5, 5.41) is 11.0. The smallest absolute Gasteiger partial charge is 0.269 e. The molecule has 1 aromatic heterocycles. The van der Waals surface area contributed by atoms with Crippen LogP contribution in [0.1, 0.15) is 31.4 Å². The number of benzene rings is 1. The summed E-state index contributed by atoms with van der Waals surface area (Å²) < 4.78 is 16.5. The fraction of sp³-hybridized carbons (Fsp3) is 0.474.